The van der Waals surface area contributed by atoms with Crippen LogP contribution in [0, 0.1) is 0 Å². The van der Waals surface area contributed by atoms with Crippen LogP contribution < -0.4 is 15.6 Å². The SMILES string of the molecule is CC(Oc1cccc(Br)c1)C(=O)NNC(=O)CN(C)C(=O)OC(C)(C)C. The zero-order valence-corrected chi connectivity index (χ0v) is 17.0. The van der Waals surface area contributed by atoms with E-state index in [2.05, 4.69) is 26.8 Å². The van der Waals surface area contributed by atoms with Crippen LogP contribution >= 0.6 is 15.9 Å². The molecular weight excluding hydrogens is 406 g/mol. The van der Waals surface area contributed by atoms with Gasteiger partial charge in [-0.3, -0.25) is 20.4 Å². The van der Waals surface area contributed by atoms with Crippen molar-refractivity contribution in [2.75, 3.05) is 13.6 Å². The quantitative estimate of drug-likeness (QED) is 0.699. The Morgan fingerprint density at radius 1 is 1.23 bits per heavy atom. The molecule has 0 radical (unpaired) electrons. The number of hydrogen-bond acceptors (Lipinski definition) is 5. The van der Waals surface area contributed by atoms with Crippen molar-refractivity contribution >= 4 is 33.8 Å². The lowest BCUT2D eigenvalue weighted by atomic mass is 10.2. The second-order valence-corrected chi connectivity index (χ2v) is 7.51. The molecular formula is C17H24BrN3O5. The lowest BCUT2D eigenvalue weighted by Gasteiger charge is -2.24. The first-order valence-corrected chi connectivity index (χ1v) is 8.72. The number of ether oxygens (including phenoxy) is 2. The first kappa shape index (κ1) is 21.8. The number of amides is 3. The number of likely N-dealkylation sites (N-methyl/N-ethyl adjacent to an activating group) is 1. The molecule has 0 fully saturated rings. The molecule has 0 bridgehead atoms. The molecule has 8 nitrogen and oxygen atoms in total. The van der Waals surface area contributed by atoms with E-state index in [0.717, 1.165) is 9.37 Å². The van der Waals surface area contributed by atoms with Crippen LogP contribution in [0.5, 0.6) is 5.75 Å². The lowest BCUT2D eigenvalue weighted by molar-refractivity contribution is -0.133. The van der Waals surface area contributed by atoms with E-state index in [1.807, 2.05) is 6.07 Å². The molecule has 26 heavy (non-hydrogen) atoms. The topological polar surface area (TPSA) is 97.0 Å². The van der Waals surface area contributed by atoms with E-state index in [0.29, 0.717) is 5.75 Å². The third-order valence-corrected chi connectivity index (χ3v) is 3.38. The molecule has 1 atom stereocenters. The number of halogens is 1. The minimum absolute atomic E-state index is 0.268. The number of hydrazine groups is 1. The summed E-state index contributed by atoms with van der Waals surface area (Å²) in [6.45, 7) is 6.47. The van der Waals surface area contributed by atoms with Gasteiger partial charge in [-0.25, -0.2) is 4.79 Å². The fraction of sp³-hybridized carbons (Fsp3) is 0.471. The van der Waals surface area contributed by atoms with Gasteiger partial charge >= 0.3 is 6.09 Å². The summed E-state index contributed by atoms with van der Waals surface area (Å²) in [5.41, 5.74) is 3.83. The van der Waals surface area contributed by atoms with Crippen molar-refractivity contribution in [1.82, 2.24) is 15.8 Å². The number of nitrogens with one attached hydrogen (secondary N) is 2. The maximum absolute atomic E-state index is 12.0. The minimum Gasteiger partial charge on any atom is -0.481 e. The van der Waals surface area contributed by atoms with Crippen molar-refractivity contribution in [2.45, 2.75) is 39.4 Å². The van der Waals surface area contributed by atoms with Gasteiger partial charge in [0.2, 0.25) is 0 Å². The number of carbonyl (C=O) groups excluding carboxylic acids is 3. The van der Waals surface area contributed by atoms with Crippen LogP contribution in [0.3, 0.4) is 0 Å². The first-order chi connectivity index (χ1) is 12.0. The van der Waals surface area contributed by atoms with E-state index < -0.39 is 29.6 Å². The maximum atomic E-state index is 12.0. The highest BCUT2D eigenvalue weighted by atomic mass is 79.9. The molecule has 0 aliphatic heterocycles. The van der Waals surface area contributed by atoms with Gasteiger partial charge in [0.1, 0.15) is 17.9 Å². The average molecular weight is 430 g/mol. The van der Waals surface area contributed by atoms with Gasteiger partial charge in [-0.1, -0.05) is 22.0 Å². The minimum atomic E-state index is -0.826. The summed E-state index contributed by atoms with van der Waals surface area (Å²) in [5.74, 6) is -0.586. The van der Waals surface area contributed by atoms with E-state index in [9.17, 15) is 14.4 Å². The monoisotopic (exact) mass is 429 g/mol. The Morgan fingerprint density at radius 3 is 2.46 bits per heavy atom. The Kier molecular flexibility index (Phi) is 7.88. The molecule has 0 spiro atoms. The molecule has 1 aromatic rings. The molecule has 0 heterocycles. The molecule has 1 unspecified atom stereocenters. The number of hydrogen-bond donors (Lipinski definition) is 2. The van der Waals surface area contributed by atoms with E-state index in [1.54, 1.807) is 45.9 Å². The largest absolute Gasteiger partial charge is 0.481 e. The molecule has 2 N–H and O–H groups in total. The average Bonchev–Trinajstić information content (AvgIpc) is 2.50. The third-order valence-electron chi connectivity index (χ3n) is 2.89. The van der Waals surface area contributed by atoms with Crippen LogP contribution in [-0.4, -0.2) is 48.1 Å². The van der Waals surface area contributed by atoms with Gasteiger partial charge in [-0.15, -0.1) is 0 Å². The molecule has 144 valence electrons. The smallest absolute Gasteiger partial charge is 0.410 e. The fourth-order valence-electron chi connectivity index (χ4n) is 1.69. The van der Waals surface area contributed by atoms with E-state index >= 15 is 0 Å². The lowest BCUT2D eigenvalue weighted by Crippen LogP contribution is -2.50. The van der Waals surface area contributed by atoms with Crippen LogP contribution in [-0.2, 0) is 14.3 Å². The zero-order chi connectivity index (χ0) is 19.9. The number of benzene rings is 1. The number of carbonyl (C=O) groups is 3. The van der Waals surface area contributed by atoms with Gasteiger partial charge in [-0.05, 0) is 45.9 Å². The molecule has 1 aromatic carbocycles. The molecule has 1 rings (SSSR count). The van der Waals surface area contributed by atoms with Crippen molar-refractivity contribution in [2.24, 2.45) is 0 Å². The van der Waals surface area contributed by atoms with Gasteiger partial charge in [0.15, 0.2) is 6.10 Å². The predicted octanol–water partition coefficient (Wildman–Crippen LogP) is 2.23. The molecule has 3 amide bonds. The van der Waals surface area contributed by atoms with Crippen LogP contribution in [0.4, 0.5) is 4.79 Å². The molecule has 0 aliphatic carbocycles. The Bertz CT molecular complexity index is 660. The second kappa shape index (κ2) is 9.42. The summed E-state index contributed by atoms with van der Waals surface area (Å²) in [4.78, 5) is 36.7. The summed E-state index contributed by atoms with van der Waals surface area (Å²) in [6, 6.07) is 7.04. The summed E-state index contributed by atoms with van der Waals surface area (Å²) < 4.78 is 11.4. The highest BCUT2D eigenvalue weighted by Gasteiger charge is 2.22. The summed E-state index contributed by atoms with van der Waals surface area (Å²) in [6.07, 6.45) is -1.46. The van der Waals surface area contributed by atoms with E-state index in [4.69, 9.17) is 9.47 Å². The van der Waals surface area contributed by atoms with Gasteiger partial charge in [0.25, 0.3) is 11.8 Å². The van der Waals surface area contributed by atoms with Crippen molar-refractivity contribution in [3.8, 4) is 5.75 Å². The highest BCUT2D eigenvalue weighted by molar-refractivity contribution is 9.10. The number of nitrogens with zero attached hydrogens (tertiary/aromatic N) is 1. The van der Waals surface area contributed by atoms with E-state index in [1.165, 1.54) is 7.05 Å². The summed E-state index contributed by atoms with van der Waals surface area (Å²) >= 11 is 3.31. The molecule has 0 aliphatic rings. The first-order valence-electron chi connectivity index (χ1n) is 7.93. The fourth-order valence-corrected chi connectivity index (χ4v) is 2.07. The maximum Gasteiger partial charge on any atom is 0.410 e. The van der Waals surface area contributed by atoms with Gasteiger partial charge in [-0.2, -0.15) is 0 Å². The standard InChI is InChI=1S/C17H24BrN3O5/c1-11(25-13-8-6-7-12(18)9-13)15(23)20-19-14(22)10-21(5)16(24)26-17(2,3)4/h6-9,11H,10H2,1-5H3,(H,19,22)(H,20,23). The predicted molar refractivity (Wildman–Crippen MR) is 99.4 cm³/mol. The van der Waals surface area contributed by atoms with Crippen LogP contribution in [0.2, 0.25) is 0 Å². The summed E-state index contributed by atoms with van der Waals surface area (Å²) in [5, 5.41) is 0. The van der Waals surface area contributed by atoms with Crippen molar-refractivity contribution in [3.63, 3.8) is 0 Å². The molecule has 0 saturated heterocycles. The van der Waals surface area contributed by atoms with Crippen molar-refractivity contribution in [3.05, 3.63) is 28.7 Å². The Balaban J connectivity index is 2.41. The Morgan fingerprint density at radius 2 is 1.88 bits per heavy atom. The second-order valence-electron chi connectivity index (χ2n) is 6.59. The normalized spacial score (nSPS) is 11.9. The van der Waals surface area contributed by atoms with Crippen molar-refractivity contribution in [1.29, 1.82) is 0 Å². The Hall–Kier alpha value is -2.29. The van der Waals surface area contributed by atoms with Crippen molar-refractivity contribution < 1.29 is 23.9 Å². The molecule has 0 aromatic heterocycles. The summed E-state index contributed by atoms with van der Waals surface area (Å²) in [7, 11) is 1.43. The molecule has 0 saturated carbocycles. The van der Waals surface area contributed by atoms with Gasteiger partial charge < -0.3 is 14.4 Å². The van der Waals surface area contributed by atoms with E-state index in [-0.39, 0.29) is 6.54 Å². The zero-order valence-electron chi connectivity index (χ0n) is 15.5. The van der Waals surface area contributed by atoms with Gasteiger partial charge in [0, 0.05) is 11.5 Å². The third kappa shape index (κ3) is 8.19. The Labute approximate surface area is 161 Å². The highest BCUT2D eigenvalue weighted by Crippen LogP contribution is 2.18. The van der Waals surface area contributed by atoms with Crippen LogP contribution in [0.1, 0.15) is 27.7 Å². The molecule has 9 heteroatoms. The van der Waals surface area contributed by atoms with Crippen LogP contribution in [0.25, 0.3) is 0 Å². The number of rotatable bonds is 5. The van der Waals surface area contributed by atoms with Gasteiger partial charge in [0.05, 0.1) is 0 Å². The van der Waals surface area contributed by atoms with Crippen LogP contribution in [0.15, 0.2) is 28.7 Å².